The molecule has 23 heavy (non-hydrogen) atoms. The Morgan fingerprint density at radius 1 is 1.17 bits per heavy atom. The summed E-state index contributed by atoms with van der Waals surface area (Å²) in [7, 11) is 0. The molecule has 0 aliphatic carbocycles. The van der Waals surface area contributed by atoms with Gasteiger partial charge in [0, 0.05) is 19.0 Å². The van der Waals surface area contributed by atoms with E-state index in [9.17, 15) is 18.0 Å². The topological polar surface area (TPSA) is 29.5 Å². The molecule has 1 aromatic carbocycles. The Balaban J connectivity index is 2.08. The van der Waals surface area contributed by atoms with Crippen molar-refractivity contribution in [3.05, 3.63) is 47.5 Å². The van der Waals surface area contributed by atoms with Gasteiger partial charge in [-0.15, -0.1) is 0 Å². The van der Waals surface area contributed by atoms with Gasteiger partial charge in [0.2, 0.25) is 0 Å². The van der Waals surface area contributed by atoms with Crippen LogP contribution in [0.4, 0.5) is 18.0 Å². The summed E-state index contributed by atoms with van der Waals surface area (Å²) in [5.74, 6) is -0.140. The first kappa shape index (κ1) is 17.4. The van der Waals surface area contributed by atoms with Crippen LogP contribution in [-0.4, -0.2) is 29.7 Å². The van der Waals surface area contributed by atoms with Crippen molar-refractivity contribution in [3.63, 3.8) is 0 Å². The molecule has 126 valence electrons. The number of amides is 1. The van der Waals surface area contributed by atoms with Crippen molar-refractivity contribution in [2.24, 2.45) is 0 Å². The van der Waals surface area contributed by atoms with E-state index < -0.39 is 23.4 Å². The Morgan fingerprint density at radius 2 is 1.78 bits per heavy atom. The molecule has 2 rings (SSSR count). The van der Waals surface area contributed by atoms with E-state index in [-0.39, 0.29) is 5.92 Å². The highest BCUT2D eigenvalue weighted by Gasteiger charge is 2.31. The summed E-state index contributed by atoms with van der Waals surface area (Å²) < 4.78 is 43.1. The Kier molecular flexibility index (Phi) is 4.73. The van der Waals surface area contributed by atoms with Gasteiger partial charge in [-0.2, -0.15) is 13.2 Å². The SMILES string of the molecule is CC(C)(C)OC(=O)N1CC=C[C@H](c2ccc(C(F)(F)F)cc2)C1. The molecule has 0 unspecified atom stereocenters. The van der Waals surface area contributed by atoms with E-state index >= 15 is 0 Å². The molecular weight excluding hydrogens is 307 g/mol. The molecule has 0 radical (unpaired) electrons. The number of carbonyl (C=O) groups is 1. The lowest BCUT2D eigenvalue weighted by atomic mass is 9.95. The minimum absolute atomic E-state index is 0.140. The zero-order chi connectivity index (χ0) is 17.3. The molecule has 1 aliphatic heterocycles. The van der Waals surface area contributed by atoms with Crippen LogP contribution in [-0.2, 0) is 10.9 Å². The molecule has 1 aliphatic rings. The second kappa shape index (κ2) is 6.26. The summed E-state index contributed by atoms with van der Waals surface area (Å²) in [6.45, 7) is 6.19. The zero-order valence-corrected chi connectivity index (χ0v) is 13.4. The number of carbonyl (C=O) groups excluding carboxylic acids is 1. The molecule has 0 fully saturated rings. The molecule has 1 heterocycles. The third kappa shape index (κ3) is 4.74. The monoisotopic (exact) mass is 327 g/mol. The summed E-state index contributed by atoms with van der Waals surface area (Å²) in [5.41, 5.74) is -0.519. The summed E-state index contributed by atoms with van der Waals surface area (Å²) >= 11 is 0. The molecule has 0 bridgehead atoms. The van der Waals surface area contributed by atoms with Gasteiger partial charge in [0.15, 0.2) is 0 Å². The molecule has 0 aromatic heterocycles. The molecule has 0 saturated carbocycles. The molecule has 0 N–H and O–H groups in total. The van der Waals surface area contributed by atoms with Crippen molar-refractivity contribution in [2.75, 3.05) is 13.1 Å². The Labute approximate surface area is 133 Å². The molecule has 3 nitrogen and oxygen atoms in total. The smallest absolute Gasteiger partial charge is 0.416 e. The van der Waals surface area contributed by atoms with Crippen molar-refractivity contribution in [1.29, 1.82) is 0 Å². The number of hydrogen-bond donors (Lipinski definition) is 0. The van der Waals surface area contributed by atoms with Crippen LogP contribution in [0.25, 0.3) is 0 Å². The summed E-state index contributed by atoms with van der Waals surface area (Å²) in [6.07, 6.45) is -1.03. The molecule has 1 atom stereocenters. The number of rotatable bonds is 1. The minimum atomic E-state index is -4.34. The lowest BCUT2D eigenvalue weighted by Crippen LogP contribution is -2.40. The van der Waals surface area contributed by atoms with E-state index in [0.29, 0.717) is 13.1 Å². The molecule has 0 spiro atoms. The number of alkyl halides is 3. The maximum atomic E-state index is 12.6. The van der Waals surface area contributed by atoms with Gasteiger partial charge in [-0.05, 0) is 38.5 Å². The molecular formula is C17H20F3NO2. The summed E-state index contributed by atoms with van der Waals surface area (Å²) in [5, 5.41) is 0. The summed E-state index contributed by atoms with van der Waals surface area (Å²) in [4.78, 5) is 13.6. The third-order valence-corrected chi connectivity index (χ3v) is 3.43. The number of halogens is 3. The van der Waals surface area contributed by atoms with Crippen molar-refractivity contribution in [2.45, 2.75) is 38.5 Å². The van der Waals surface area contributed by atoms with E-state index in [0.717, 1.165) is 17.7 Å². The van der Waals surface area contributed by atoms with Crippen LogP contribution < -0.4 is 0 Å². The van der Waals surface area contributed by atoms with Gasteiger partial charge in [0.1, 0.15) is 5.60 Å². The van der Waals surface area contributed by atoms with Crippen molar-refractivity contribution < 1.29 is 22.7 Å². The Bertz CT molecular complexity index is 585. The lowest BCUT2D eigenvalue weighted by molar-refractivity contribution is -0.137. The summed E-state index contributed by atoms with van der Waals surface area (Å²) in [6, 6.07) is 5.04. The van der Waals surface area contributed by atoms with E-state index in [1.54, 1.807) is 25.7 Å². The Morgan fingerprint density at radius 3 is 2.30 bits per heavy atom. The van der Waals surface area contributed by atoms with Crippen LogP contribution in [0.2, 0.25) is 0 Å². The quantitative estimate of drug-likeness (QED) is 0.706. The first-order chi connectivity index (χ1) is 10.6. The maximum absolute atomic E-state index is 12.6. The lowest BCUT2D eigenvalue weighted by Gasteiger charge is -2.31. The fourth-order valence-corrected chi connectivity index (χ4v) is 2.34. The third-order valence-electron chi connectivity index (χ3n) is 3.43. The largest absolute Gasteiger partial charge is 0.444 e. The van der Waals surface area contributed by atoms with E-state index in [4.69, 9.17) is 4.74 Å². The van der Waals surface area contributed by atoms with Gasteiger partial charge in [0.25, 0.3) is 0 Å². The van der Waals surface area contributed by atoms with Crippen molar-refractivity contribution >= 4 is 6.09 Å². The number of benzene rings is 1. The van der Waals surface area contributed by atoms with Crippen LogP contribution in [0, 0.1) is 0 Å². The van der Waals surface area contributed by atoms with E-state index in [1.165, 1.54) is 12.1 Å². The first-order valence-corrected chi connectivity index (χ1v) is 7.38. The predicted molar refractivity (Wildman–Crippen MR) is 81.1 cm³/mol. The highest BCUT2D eigenvalue weighted by Crippen LogP contribution is 2.31. The van der Waals surface area contributed by atoms with Gasteiger partial charge in [-0.25, -0.2) is 4.79 Å². The molecule has 1 aromatic rings. The van der Waals surface area contributed by atoms with Gasteiger partial charge in [0.05, 0.1) is 5.56 Å². The molecule has 0 saturated heterocycles. The van der Waals surface area contributed by atoms with Crippen molar-refractivity contribution in [1.82, 2.24) is 4.90 Å². The average Bonchev–Trinajstić information content (AvgIpc) is 2.45. The fraction of sp³-hybridized carbons (Fsp3) is 0.471. The zero-order valence-electron chi connectivity index (χ0n) is 13.4. The molecule has 6 heteroatoms. The number of nitrogens with zero attached hydrogens (tertiary/aromatic N) is 1. The van der Waals surface area contributed by atoms with Gasteiger partial charge in [-0.1, -0.05) is 24.3 Å². The highest BCUT2D eigenvalue weighted by atomic mass is 19.4. The maximum Gasteiger partial charge on any atom is 0.416 e. The standard InChI is InChI=1S/C17H20F3NO2/c1-16(2,3)23-15(22)21-10-4-5-13(11-21)12-6-8-14(9-7-12)17(18,19)20/h4-9,13H,10-11H2,1-3H3/t13-/m0/s1. The second-order valence-electron chi connectivity index (χ2n) is 6.54. The minimum Gasteiger partial charge on any atom is -0.444 e. The van der Waals surface area contributed by atoms with Crippen LogP contribution in [0.3, 0.4) is 0 Å². The normalized spacial score (nSPS) is 18.9. The number of ether oxygens (including phenoxy) is 1. The average molecular weight is 327 g/mol. The number of hydrogen-bond acceptors (Lipinski definition) is 2. The van der Waals surface area contributed by atoms with Crippen LogP contribution >= 0.6 is 0 Å². The van der Waals surface area contributed by atoms with Crippen molar-refractivity contribution in [3.8, 4) is 0 Å². The van der Waals surface area contributed by atoms with Crippen LogP contribution in [0.1, 0.15) is 37.8 Å². The first-order valence-electron chi connectivity index (χ1n) is 7.38. The van der Waals surface area contributed by atoms with Gasteiger partial charge >= 0.3 is 12.3 Å². The predicted octanol–water partition coefficient (Wildman–Crippen LogP) is 4.60. The van der Waals surface area contributed by atoms with Crippen LogP contribution in [0.15, 0.2) is 36.4 Å². The van der Waals surface area contributed by atoms with Crippen LogP contribution in [0.5, 0.6) is 0 Å². The van der Waals surface area contributed by atoms with E-state index in [1.807, 2.05) is 12.2 Å². The second-order valence-corrected chi connectivity index (χ2v) is 6.54. The van der Waals surface area contributed by atoms with Gasteiger partial charge < -0.3 is 9.64 Å². The fourth-order valence-electron chi connectivity index (χ4n) is 2.34. The Hall–Kier alpha value is -1.98. The van der Waals surface area contributed by atoms with E-state index in [2.05, 4.69) is 0 Å². The van der Waals surface area contributed by atoms with Gasteiger partial charge in [-0.3, -0.25) is 0 Å². The molecule has 1 amide bonds. The highest BCUT2D eigenvalue weighted by molar-refractivity contribution is 5.68.